The van der Waals surface area contributed by atoms with E-state index >= 15 is 0 Å². The number of nitrogens with one attached hydrogen (secondary N) is 1. The zero-order valence-corrected chi connectivity index (χ0v) is 11.8. The molecule has 3 rings (SSSR count). The van der Waals surface area contributed by atoms with Crippen LogP contribution in [0.4, 0.5) is 8.78 Å². The highest BCUT2D eigenvalue weighted by molar-refractivity contribution is 5.75. The van der Waals surface area contributed by atoms with Crippen molar-refractivity contribution in [2.45, 2.75) is 0 Å². The van der Waals surface area contributed by atoms with Crippen LogP contribution in [0.25, 0.3) is 22.4 Å². The zero-order valence-electron chi connectivity index (χ0n) is 11.8. The van der Waals surface area contributed by atoms with Gasteiger partial charge in [0.2, 0.25) is 0 Å². The van der Waals surface area contributed by atoms with E-state index in [1.165, 1.54) is 0 Å². The van der Waals surface area contributed by atoms with Gasteiger partial charge < -0.3 is 4.98 Å². The lowest BCUT2D eigenvalue weighted by Crippen LogP contribution is -2.12. The van der Waals surface area contributed by atoms with E-state index in [0.29, 0.717) is 11.1 Å². The third kappa shape index (κ3) is 2.87. The van der Waals surface area contributed by atoms with Gasteiger partial charge in [-0.15, -0.1) is 0 Å². The molecule has 0 spiro atoms. The Bertz CT molecular complexity index is 952. The number of benzene rings is 2. The molecule has 0 aliphatic rings. The highest BCUT2D eigenvalue weighted by Gasteiger charge is 2.13. The van der Waals surface area contributed by atoms with Crippen molar-refractivity contribution in [1.29, 1.82) is 5.26 Å². The van der Waals surface area contributed by atoms with Crippen LogP contribution in [-0.2, 0) is 0 Å². The Balaban J connectivity index is 2.27. The first kappa shape index (κ1) is 14.7. The predicted octanol–water partition coefficient (Wildman–Crippen LogP) is 3.86. The molecule has 0 saturated heterocycles. The minimum atomic E-state index is -0.744. The van der Waals surface area contributed by atoms with E-state index in [1.807, 2.05) is 12.1 Å². The van der Waals surface area contributed by atoms with E-state index in [2.05, 4.69) is 4.98 Å². The lowest BCUT2D eigenvalue weighted by Gasteiger charge is -2.08. The standard InChI is InChI=1S/C18H10F2N2O/c19-13-6-12(7-14(20)8-13)17-9-15(11-4-2-1-3-5-11)16(10-21)18(23)22-17/h1-9H,(H,22,23). The number of rotatable bonds is 2. The number of hydrogen-bond acceptors (Lipinski definition) is 2. The highest BCUT2D eigenvalue weighted by Crippen LogP contribution is 2.26. The molecule has 1 aromatic heterocycles. The summed E-state index contributed by atoms with van der Waals surface area (Å²) in [5, 5.41) is 9.22. The van der Waals surface area contributed by atoms with Gasteiger partial charge in [0.1, 0.15) is 23.3 Å². The summed E-state index contributed by atoms with van der Waals surface area (Å²) in [6.45, 7) is 0. The van der Waals surface area contributed by atoms with Crippen molar-refractivity contribution < 1.29 is 8.78 Å². The topological polar surface area (TPSA) is 56.6 Å². The quantitative estimate of drug-likeness (QED) is 0.781. The molecule has 0 fully saturated rings. The Morgan fingerprint density at radius 1 is 0.913 bits per heavy atom. The molecule has 112 valence electrons. The van der Waals surface area contributed by atoms with E-state index < -0.39 is 17.2 Å². The van der Waals surface area contributed by atoms with Crippen LogP contribution in [0.2, 0.25) is 0 Å². The SMILES string of the molecule is N#Cc1c(-c2ccccc2)cc(-c2cc(F)cc(F)c2)[nH]c1=O. The molecule has 0 aliphatic heterocycles. The van der Waals surface area contributed by atoms with Crippen molar-refractivity contribution in [3.8, 4) is 28.5 Å². The summed E-state index contributed by atoms with van der Waals surface area (Å²) >= 11 is 0. The molecule has 0 bridgehead atoms. The monoisotopic (exact) mass is 308 g/mol. The lowest BCUT2D eigenvalue weighted by molar-refractivity contribution is 0.584. The number of nitrogens with zero attached hydrogens (tertiary/aromatic N) is 1. The second-order valence-electron chi connectivity index (χ2n) is 4.94. The number of pyridine rings is 1. The molecule has 23 heavy (non-hydrogen) atoms. The van der Waals surface area contributed by atoms with E-state index in [1.54, 1.807) is 30.3 Å². The van der Waals surface area contributed by atoms with Gasteiger partial charge in [-0.3, -0.25) is 4.79 Å². The summed E-state index contributed by atoms with van der Waals surface area (Å²) < 4.78 is 26.8. The molecule has 1 N–H and O–H groups in total. The first-order valence-corrected chi connectivity index (χ1v) is 6.78. The number of aromatic nitrogens is 1. The predicted molar refractivity (Wildman–Crippen MR) is 82.6 cm³/mol. The van der Waals surface area contributed by atoms with Crippen LogP contribution in [0, 0.1) is 23.0 Å². The van der Waals surface area contributed by atoms with Crippen molar-refractivity contribution in [2.75, 3.05) is 0 Å². The van der Waals surface area contributed by atoms with E-state index in [9.17, 15) is 18.8 Å². The van der Waals surface area contributed by atoms with Gasteiger partial charge in [-0.25, -0.2) is 8.78 Å². The second-order valence-corrected chi connectivity index (χ2v) is 4.94. The molecule has 2 aromatic carbocycles. The molecule has 3 nitrogen and oxygen atoms in total. The van der Waals surface area contributed by atoms with Crippen LogP contribution < -0.4 is 5.56 Å². The summed E-state index contributed by atoms with van der Waals surface area (Å²) in [5.41, 5.74) is 0.877. The molecule has 5 heteroatoms. The smallest absolute Gasteiger partial charge is 0.266 e. The molecule has 0 radical (unpaired) electrons. The lowest BCUT2D eigenvalue weighted by atomic mass is 9.99. The summed E-state index contributed by atoms with van der Waals surface area (Å²) in [6.07, 6.45) is 0. The average Bonchev–Trinajstić information content (AvgIpc) is 2.54. The van der Waals surface area contributed by atoms with E-state index in [-0.39, 0.29) is 16.8 Å². The second kappa shape index (κ2) is 5.85. The largest absolute Gasteiger partial charge is 0.321 e. The number of halogens is 2. The van der Waals surface area contributed by atoms with Gasteiger partial charge in [0.15, 0.2) is 0 Å². The van der Waals surface area contributed by atoms with Crippen LogP contribution >= 0.6 is 0 Å². The highest BCUT2D eigenvalue weighted by atomic mass is 19.1. The molecule has 0 aliphatic carbocycles. The minimum absolute atomic E-state index is 0.0446. The Morgan fingerprint density at radius 2 is 1.57 bits per heavy atom. The fraction of sp³-hybridized carbons (Fsp3) is 0. The Kier molecular flexibility index (Phi) is 3.73. The van der Waals surface area contributed by atoms with Crippen molar-refractivity contribution in [1.82, 2.24) is 4.98 Å². The molecular weight excluding hydrogens is 298 g/mol. The van der Waals surface area contributed by atoms with Gasteiger partial charge in [0.05, 0.1) is 0 Å². The number of hydrogen-bond donors (Lipinski definition) is 1. The van der Waals surface area contributed by atoms with Gasteiger partial charge in [0.25, 0.3) is 5.56 Å². The molecule has 0 unspecified atom stereocenters. The van der Waals surface area contributed by atoms with Gasteiger partial charge in [-0.2, -0.15) is 5.26 Å². The zero-order chi connectivity index (χ0) is 16.4. The number of H-pyrrole nitrogens is 1. The minimum Gasteiger partial charge on any atom is -0.321 e. The summed E-state index contributed by atoms with van der Waals surface area (Å²) in [7, 11) is 0. The maximum atomic E-state index is 13.4. The summed E-state index contributed by atoms with van der Waals surface area (Å²) in [6, 6.07) is 15.3. The summed E-state index contributed by atoms with van der Waals surface area (Å²) in [5.74, 6) is -1.49. The van der Waals surface area contributed by atoms with E-state index in [4.69, 9.17) is 0 Å². The Hall–Kier alpha value is -3.26. The molecule has 0 amide bonds. The van der Waals surface area contributed by atoms with Crippen LogP contribution in [-0.4, -0.2) is 4.98 Å². The number of aromatic amines is 1. The maximum absolute atomic E-state index is 13.4. The van der Waals surface area contributed by atoms with Crippen molar-refractivity contribution in [2.24, 2.45) is 0 Å². The maximum Gasteiger partial charge on any atom is 0.266 e. The molecule has 1 heterocycles. The molecule has 0 atom stereocenters. The average molecular weight is 308 g/mol. The van der Waals surface area contributed by atoms with E-state index in [0.717, 1.165) is 18.2 Å². The van der Waals surface area contributed by atoms with Crippen molar-refractivity contribution in [3.63, 3.8) is 0 Å². The van der Waals surface area contributed by atoms with Crippen molar-refractivity contribution in [3.05, 3.63) is 82.1 Å². The fourth-order valence-electron chi connectivity index (χ4n) is 2.38. The van der Waals surface area contributed by atoms with Gasteiger partial charge in [-0.05, 0) is 23.8 Å². The van der Waals surface area contributed by atoms with Crippen LogP contribution in [0.3, 0.4) is 0 Å². The molecular formula is C18H10F2N2O. The first-order valence-electron chi connectivity index (χ1n) is 6.78. The fourth-order valence-corrected chi connectivity index (χ4v) is 2.38. The number of nitriles is 1. The van der Waals surface area contributed by atoms with Crippen LogP contribution in [0.5, 0.6) is 0 Å². The Labute approximate surface area is 130 Å². The third-order valence-electron chi connectivity index (χ3n) is 3.40. The van der Waals surface area contributed by atoms with Gasteiger partial charge >= 0.3 is 0 Å². The summed E-state index contributed by atoms with van der Waals surface area (Å²) in [4.78, 5) is 14.6. The van der Waals surface area contributed by atoms with Crippen LogP contribution in [0.15, 0.2) is 59.4 Å². The van der Waals surface area contributed by atoms with Crippen LogP contribution in [0.1, 0.15) is 5.56 Å². The molecule has 0 saturated carbocycles. The van der Waals surface area contributed by atoms with Gasteiger partial charge in [-0.1, -0.05) is 30.3 Å². The van der Waals surface area contributed by atoms with Gasteiger partial charge in [0, 0.05) is 22.9 Å². The third-order valence-corrected chi connectivity index (χ3v) is 3.40. The normalized spacial score (nSPS) is 10.3. The van der Waals surface area contributed by atoms with Crippen molar-refractivity contribution >= 4 is 0 Å². The first-order chi connectivity index (χ1) is 11.1. The Morgan fingerprint density at radius 3 is 2.17 bits per heavy atom. The molecule has 3 aromatic rings.